The van der Waals surface area contributed by atoms with Gasteiger partial charge in [0.1, 0.15) is 13.2 Å². The quantitative estimate of drug-likeness (QED) is 0.0261. The maximum absolute atomic E-state index is 12.9. The molecule has 0 aromatic rings. The van der Waals surface area contributed by atoms with Gasteiger partial charge in [-0.15, -0.1) is 0 Å². The van der Waals surface area contributed by atoms with Crippen LogP contribution < -0.4 is 0 Å². The Morgan fingerprint density at radius 2 is 0.480 bits per heavy atom. The van der Waals surface area contributed by atoms with E-state index in [2.05, 4.69) is 93.7 Å². The van der Waals surface area contributed by atoms with E-state index in [4.69, 9.17) is 14.2 Å². The average molecular weight is 1050 g/mol. The molecule has 0 saturated heterocycles. The van der Waals surface area contributed by atoms with Gasteiger partial charge in [-0.3, -0.25) is 14.4 Å². The zero-order valence-electron chi connectivity index (χ0n) is 49.8. The Balaban J connectivity index is 4.34. The van der Waals surface area contributed by atoms with Crippen LogP contribution in [-0.2, 0) is 28.6 Å². The van der Waals surface area contributed by atoms with Crippen molar-refractivity contribution in [2.75, 3.05) is 13.2 Å². The van der Waals surface area contributed by atoms with E-state index in [0.717, 1.165) is 89.9 Å². The van der Waals surface area contributed by atoms with Crippen molar-refractivity contribution in [2.24, 2.45) is 0 Å². The van der Waals surface area contributed by atoms with Crippen LogP contribution in [0.25, 0.3) is 0 Å². The number of esters is 3. The molecule has 0 aromatic carbocycles. The number of carbonyl (C=O) groups excluding carboxylic acids is 3. The molecule has 0 aliphatic heterocycles. The fourth-order valence-electron chi connectivity index (χ4n) is 9.24. The highest BCUT2D eigenvalue weighted by atomic mass is 16.6. The Hall–Kier alpha value is -3.15. The smallest absolute Gasteiger partial charge is 0.306 e. The number of rotatable bonds is 59. The summed E-state index contributed by atoms with van der Waals surface area (Å²) in [6, 6.07) is 0. The van der Waals surface area contributed by atoms with E-state index >= 15 is 0 Å². The molecule has 0 aromatic heterocycles. The molecule has 0 heterocycles. The van der Waals surface area contributed by atoms with Crippen molar-refractivity contribution in [3.63, 3.8) is 0 Å². The Morgan fingerprint density at radius 3 is 0.787 bits per heavy atom. The summed E-state index contributed by atoms with van der Waals surface area (Å²) >= 11 is 0. The summed E-state index contributed by atoms with van der Waals surface area (Å²) in [5, 5.41) is 0. The molecule has 0 rings (SSSR count). The Kier molecular flexibility index (Phi) is 60.7. The van der Waals surface area contributed by atoms with Gasteiger partial charge in [-0.2, -0.15) is 0 Å². The predicted octanol–water partition coefficient (Wildman–Crippen LogP) is 22.1. The number of hydrogen-bond acceptors (Lipinski definition) is 6. The third-order valence-corrected chi connectivity index (χ3v) is 14.2. The molecule has 0 fully saturated rings. The van der Waals surface area contributed by atoms with Gasteiger partial charge in [-0.25, -0.2) is 0 Å². The normalized spacial score (nSPS) is 12.5. The molecule has 6 heteroatoms. The van der Waals surface area contributed by atoms with Gasteiger partial charge in [-0.05, 0) is 116 Å². The summed E-state index contributed by atoms with van der Waals surface area (Å²) in [5.41, 5.74) is 0. The number of allylic oxidation sites excluding steroid dienone is 12. The van der Waals surface area contributed by atoms with Crippen molar-refractivity contribution >= 4 is 17.9 Å². The second-order valence-corrected chi connectivity index (χ2v) is 21.7. The van der Waals surface area contributed by atoms with Crippen LogP contribution in [0.2, 0.25) is 0 Å². The van der Waals surface area contributed by atoms with Crippen LogP contribution in [-0.4, -0.2) is 37.2 Å². The second-order valence-electron chi connectivity index (χ2n) is 21.7. The molecule has 1 atom stereocenters. The zero-order valence-corrected chi connectivity index (χ0v) is 49.8. The zero-order chi connectivity index (χ0) is 54.3. The minimum atomic E-state index is -0.786. The summed E-state index contributed by atoms with van der Waals surface area (Å²) in [6.45, 7) is 6.62. The van der Waals surface area contributed by atoms with Gasteiger partial charge in [0.05, 0.1) is 0 Å². The van der Waals surface area contributed by atoms with Crippen LogP contribution in [0.15, 0.2) is 72.9 Å². The minimum absolute atomic E-state index is 0.0821. The molecule has 75 heavy (non-hydrogen) atoms. The third kappa shape index (κ3) is 61.6. The maximum atomic E-state index is 12.9. The molecule has 0 aliphatic carbocycles. The molecule has 0 bridgehead atoms. The fourth-order valence-corrected chi connectivity index (χ4v) is 9.24. The van der Waals surface area contributed by atoms with Crippen LogP contribution in [0.5, 0.6) is 0 Å². The number of hydrogen-bond donors (Lipinski definition) is 0. The van der Waals surface area contributed by atoms with Crippen molar-refractivity contribution < 1.29 is 28.6 Å². The molecule has 434 valence electrons. The summed E-state index contributed by atoms with van der Waals surface area (Å²) < 4.78 is 16.9. The maximum Gasteiger partial charge on any atom is 0.306 e. The summed E-state index contributed by atoms with van der Waals surface area (Å²) in [4.78, 5) is 38.3. The van der Waals surface area contributed by atoms with E-state index < -0.39 is 6.10 Å². The predicted molar refractivity (Wildman–Crippen MR) is 325 cm³/mol. The van der Waals surface area contributed by atoms with E-state index in [0.29, 0.717) is 19.3 Å². The highest BCUT2D eigenvalue weighted by Crippen LogP contribution is 2.16. The van der Waals surface area contributed by atoms with Crippen LogP contribution in [0.4, 0.5) is 0 Å². The lowest BCUT2D eigenvalue weighted by Gasteiger charge is -2.18. The van der Waals surface area contributed by atoms with Gasteiger partial charge in [-0.1, -0.05) is 267 Å². The Bertz CT molecular complexity index is 1390. The van der Waals surface area contributed by atoms with Crippen molar-refractivity contribution in [3.8, 4) is 0 Å². The molecule has 0 aliphatic rings. The van der Waals surface area contributed by atoms with E-state index in [1.807, 2.05) is 0 Å². The molecule has 0 N–H and O–H groups in total. The van der Waals surface area contributed by atoms with Crippen molar-refractivity contribution in [2.45, 2.75) is 335 Å². The minimum Gasteiger partial charge on any atom is -0.462 e. The van der Waals surface area contributed by atoms with Gasteiger partial charge in [0, 0.05) is 19.3 Å². The van der Waals surface area contributed by atoms with E-state index in [1.165, 1.54) is 199 Å². The van der Waals surface area contributed by atoms with Gasteiger partial charge in [0.2, 0.25) is 0 Å². The van der Waals surface area contributed by atoms with Crippen molar-refractivity contribution in [1.29, 1.82) is 0 Å². The Labute approximate surface area is 465 Å². The number of carbonyl (C=O) groups is 3. The van der Waals surface area contributed by atoms with E-state index in [9.17, 15) is 14.4 Å². The third-order valence-electron chi connectivity index (χ3n) is 14.2. The molecule has 0 radical (unpaired) electrons. The summed E-state index contributed by atoms with van der Waals surface area (Å²) in [5.74, 6) is -0.888. The second kappa shape index (κ2) is 63.4. The first kappa shape index (κ1) is 71.8. The monoisotopic (exact) mass is 1050 g/mol. The van der Waals surface area contributed by atoms with Gasteiger partial charge in [0.25, 0.3) is 0 Å². The van der Waals surface area contributed by atoms with Crippen LogP contribution in [0.1, 0.15) is 329 Å². The van der Waals surface area contributed by atoms with Crippen molar-refractivity contribution in [1.82, 2.24) is 0 Å². The number of ether oxygens (including phenoxy) is 3. The largest absolute Gasteiger partial charge is 0.462 e. The topological polar surface area (TPSA) is 78.9 Å². The first-order chi connectivity index (χ1) is 37.0. The summed E-state index contributed by atoms with van der Waals surface area (Å²) in [7, 11) is 0. The van der Waals surface area contributed by atoms with Gasteiger partial charge < -0.3 is 14.2 Å². The van der Waals surface area contributed by atoms with Gasteiger partial charge in [0.15, 0.2) is 6.10 Å². The molecule has 0 spiro atoms. The molecular weight excluding hydrogens is 925 g/mol. The lowest BCUT2D eigenvalue weighted by molar-refractivity contribution is -0.167. The van der Waals surface area contributed by atoms with Gasteiger partial charge >= 0.3 is 17.9 Å². The van der Waals surface area contributed by atoms with E-state index in [-0.39, 0.29) is 31.1 Å². The molecule has 0 amide bonds. The van der Waals surface area contributed by atoms with Crippen LogP contribution in [0.3, 0.4) is 0 Å². The van der Waals surface area contributed by atoms with Crippen LogP contribution in [0, 0.1) is 0 Å². The first-order valence-electron chi connectivity index (χ1n) is 32.4. The standard InChI is InChI=1S/C69H122O6/c1-4-7-10-13-16-19-22-25-28-30-31-32-33-34-35-36-37-39-41-44-47-50-53-56-59-62-68(71)74-65-66(64-73-67(70)61-58-55-52-49-46-43-40-27-24-21-18-15-12-9-6-3)75-69(72)63-60-57-54-51-48-45-42-38-29-26-23-20-17-14-11-8-5-2/h17,20,22,25-27,29-31,33-34,40,66H,4-16,18-19,21,23-24,28,32,35-39,41-65H2,1-3H3/b20-17-,25-22-,29-26-,31-30-,34-33-,40-27-. The highest BCUT2D eigenvalue weighted by Gasteiger charge is 2.19. The lowest BCUT2D eigenvalue weighted by atomic mass is 10.1. The highest BCUT2D eigenvalue weighted by molar-refractivity contribution is 5.71. The first-order valence-corrected chi connectivity index (χ1v) is 32.4. The lowest BCUT2D eigenvalue weighted by Crippen LogP contribution is -2.30. The van der Waals surface area contributed by atoms with Crippen LogP contribution >= 0.6 is 0 Å². The SMILES string of the molecule is CCCCC/C=C\C/C=C\CCCCCCCCCC(=O)OC(COC(=O)CCCCCCC/C=C\CCCCCCCC)COC(=O)CCCCCCCCCCCC/C=C\C/C=C\C/C=C\CCCCCCC. The number of unbranched alkanes of at least 4 members (excludes halogenated alkanes) is 36. The fraction of sp³-hybridized carbons (Fsp3) is 0.783. The average Bonchev–Trinajstić information content (AvgIpc) is 3.41. The molecule has 1 unspecified atom stereocenters. The summed E-state index contributed by atoms with van der Waals surface area (Å²) in [6.07, 6.45) is 81.9. The molecule has 6 nitrogen and oxygen atoms in total. The molecule has 0 saturated carbocycles. The van der Waals surface area contributed by atoms with E-state index in [1.54, 1.807) is 0 Å². The Morgan fingerprint density at radius 1 is 0.267 bits per heavy atom. The van der Waals surface area contributed by atoms with Crippen molar-refractivity contribution in [3.05, 3.63) is 72.9 Å². The molecular formula is C69H122O6.